The average Bonchev–Trinajstić information content (AvgIpc) is 2.45. The lowest BCUT2D eigenvalue weighted by molar-refractivity contribution is 0.592. The number of hydrogen-bond donors (Lipinski definition) is 1. The van der Waals surface area contributed by atoms with Gasteiger partial charge < -0.3 is 5.73 Å². The molecular weight excluding hydrogens is 211 g/mol. The van der Waals surface area contributed by atoms with E-state index in [1.165, 1.54) is 17.4 Å². The second-order valence-electron chi connectivity index (χ2n) is 4.57. The minimum absolute atomic E-state index is 0.0229. The molecule has 0 aliphatic rings. The summed E-state index contributed by atoms with van der Waals surface area (Å²) in [6.45, 7) is 6.28. The van der Waals surface area contributed by atoms with Gasteiger partial charge >= 0.3 is 0 Å². The van der Waals surface area contributed by atoms with Crippen LogP contribution in [0.2, 0.25) is 0 Å². The van der Waals surface area contributed by atoms with E-state index in [1.54, 1.807) is 0 Å². The topological polar surface area (TPSA) is 38.9 Å². The highest BCUT2D eigenvalue weighted by atomic mass is 32.1. The Morgan fingerprint density at radius 1 is 1.33 bits per heavy atom. The Bertz CT molecular complexity index is 511. The molecule has 2 aromatic rings. The highest BCUT2D eigenvalue weighted by Gasteiger charge is 2.20. The van der Waals surface area contributed by atoms with E-state index in [9.17, 15) is 4.39 Å². The molecule has 0 aliphatic carbocycles. The molecule has 15 heavy (non-hydrogen) atoms. The Hall–Kier alpha value is -1.16. The number of thiazole rings is 1. The Kier molecular flexibility index (Phi) is 2.19. The molecule has 0 aliphatic heterocycles. The molecule has 1 aromatic heterocycles. The van der Waals surface area contributed by atoms with E-state index in [0.717, 1.165) is 10.3 Å². The quantitative estimate of drug-likeness (QED) is 0.745. The molecule has 80 valence electrons. The number of nitrogens with zero attached hydrogens (tertiary/aromatic N) is 1. The standard InChI is InChI=1S/C11H13FN2S/c1-11(2,3)6-4-5-7(12)8-9(6)15-10(13)14-8/h4-5H,1-3H3,(H2,13,14). The van der Waals surface area contributed by atoms with Gasteiger partial charge in [-0.15, -0.1) is 0 Å². The first-order valence-electron chi connectivity index (χ1n) is 4.74. The zero-order valence-electron chi connectivity index (χ0n) is 8.97. The maximum atomic E-state index is 13.5. The van der Waals surface area contributed by atoms with Gasteiger partial charge in [-0.3, -0.25) is 0 Å². The SMILES string of the molecule is CC(C)(C)c1ccc(F)c2nc(N)sc12. The van der Waals surface area contributed by atoms with E-state index in [1.807, 2.05) is 6.07 Å². The number of rotatable bonds is 0. The molecular formula is C11H13FN2S. The molecule has 2 N–H and O–H groups in total. The van der Waals surface area contributed by atoms with Crippen molar-refractivity contribution in [3.8, 4) is 0 Å². The van der Waals surface area contributed by atoms with Gasteiger partial charge in [0, 0.05) is 0 Å². The van der Waals surface area contributed by atoms with Gasteiger partial charge in [-0.2, -0.15) is 0 Å². The van der Waals surface area contributed by atoms with E-state index in [4.69, 9.17) is 5.73 Å². The molecule has 0 amide bonds. The van der Waals surface area contributed by atoms with E-state index in [-0.39, 0.29) is 11.2 Å². The van der Waals surface area contributed by atoms with Crippen LogP contribution in [0, 0.1) is 5.82 Å². The normalized spacial score (nSPS) is 12.3. The summed E-state index contributed by atoms with van der Waals surface area (Å²) in [6, 6.07) is 3.28. The molecule has 0 bridgehead atoms. The van der Waals surface area contributed by atoms with Crippen molar-refractivity contribution in [3.63, 3.8) is 0 Å². The Labute approximate surface area is 91.9 Å². The highest BCUT2D eigenvalue weighted by Crippen LogP contribution is 2.35. The van der Waals surface area contributed by atoms with Crippen molar-refractivity contribution >= 4 is 26.7 Å². The van der Waals surface area contributed by atoms with Crippen molar-refractivity contribution in [1.82, 2.24) is 4.98 Å². The number of aromatic nitrogens is 1. The number of halogens is 1. The minimum Gasteiger partial charge on any atom is -0.375 e. The van der Waals surface area contributed by atoms with Gasteiger partial charge in [0.2, 0.25) is 0 Å². The van der Waals surface area contributed by atoms with Crippen LogP contribution in [0.4, 0.5) is 9.52 Å². The predicted octanol–water partition coefficient (Wildman–Crippen LogP) is 3.32. The number of fused-ring (bicyclic) bond motifs is 1. The predicted molar refractivity (Wildman–Crippen MR) is 62.7 cm³/mol. The number of benzene rings is 1. The van der Waals surface area contributed by atoms with Crippen LogP contribution in [0.3, 0.4) is 0 Å². The smallest absolute Gasteiger partial charge is 0.181 e. The van der Waals surface area contributed by atoms with Gasteiger partial charge in [0.05, 0.1) is 4.70 Å². The summed E-state index contributed by atoms with van der Waals surface area (Å²) >= 11 is 1.35. The monoisotopic (exact) mass is 224 g/mol. The molecule has 1 heterocycles. The highest BCUT2D eigenvalue weighted by molar-refractivity contribution is 7.22. The molecule has 0 saturated heterocycles. The minimum atomic E-state index is -0.300. The van der Waals surface area contributed by atoms with Gasteiger partial charge in [-0.25, -0.2) is 9.37 Å². The molecule has 2 nitrogen and oxygen atoms in total. The van der Waals surface area contributed by atoms with Gasteiger partial charge in [-0.05, 0) is 17.0 Å². The lowest BCUT2D eigenvalue weighted by atomic mass is 9.87. The molecule has 0 unspecified atom stereocenters. The summed E-state index contributed by atoms with van der Waals surface area (Å²) in [7, 11) is 0. The third-order valence-electron chi connectivity index (χ3n) is 2.32. The van der Waals surface area contributed by atoms with Crippen molar-refractivity contribution in [2.24, 2.45) is 0 Å². The average molecular weight is 224 g/mol. The van der Waals surface area contributed by atoms with Crippen LogP contribution < -0.4 is 5.73 Å². The van der Waals surface area contributed by atoms with Crippen molar-refractivity contribution in [2.75, 3.05) is 5.73 Å². The van der Waals surface area contributed by atoms with Gasteiger partial charge in [0.15, 0.2) is 5.13 Å². The second kappa shape index (κ2) is 3.17. The molecule has 4 heteroatoms. The Morgan fingerprint density at radius 3 is 2.60 bits per heavy atom. The molecule has 2 rings (SSSR count). The summed E-state index contributed by atoms with van der Waals surface area (Å²) < 4.78 is 14.3. The lowest BCUT2D eigenvalue weighted by Crippen LogP contribution is -2.11. The van der Waals surface area contributed by atoms with E-state index < -0.39 is 0 Å². The number of hydrogen-bond acceptors (Lipinski definition) is 3. The molecule has 0 fully saturated rings. The Balaban J connectivity index is 2.83. The largest absolute Gasteiger partial charge is 0.375 e. The number of anilines is 1. The number of nitrogen functional groups attached to an aromatic ring is 1. The summed E-state index contributed by atoms with van der Waals surface area (Å²) in [6.07, 6.45) is 0. The second-order valence-corrected chi connectivity index (χ2v) is 5.61. The molecule has 0 radical (unpaired) electrons. The maximum absolute atomic E-state index is 13.5. The van der Waals surface area contributed by atoms with Gasteiger partial charge in [0.1, 0.15) is 11.3 Å². The first kappa shape index (κ1) is 10.4. The first-order chi connectivity index (χ1) is 6.89. The third kappa shape index (κ3) is 1.69. The molecule has 0 atom stereocenters. The lowest BCUT2D eigenvalue weighted by Gasteiger charge is -2.19. The van der Waals surface area contributed by atoms with Gasteiger partial charge in [0.25, 0.3) is 0 Å². The van der Waals surface area contributed by atoms with Crippen LogP contribution in [0.5, 0.6) is 0 Å². The fourth-order valence-electron chi connectivity index (χ4n) is 1.58. The van der Waals surface area contributed by atoms with Crippen LogP contribution in [0.1, 0.15) is 26.3 Å². The molecule has 0 saturated carbocycles. The Morgan fingerprint density at radius 2 is 2.00 bits per heavy atom. The van der Waals surface area contributed by atoms with Crippen molar-refractivity contribution in [1.29, 1.82) is 0 Å². The van der Waals surface area contributed by atoms with Crippen LogP contribution in [-0.4, -0.2) is 4.98 Å². The van der Waals surface area contributed by atoms with Crippen LogP contribution in [0.15, 0.2) is 12.1 Å². The molecule has 1 aromatic carbocycles. The van der Waals surface area contributed by atoms with Crippen molar-refractivity contribution < 1.29 is 4.39 Å². The summed E-state index contributed by atoms with van der Waals surface area (Å²) in [4.78, 5) is 4.01. The van der Waals surface area contributed by atoms with Crippen molar-refractivity contribution in [2.45, 2.75) is 26.2 Å². The maximum Gasteiger partial charge on any atom is 0.181 e. The summed E-state index contributed by atoms with van der Waals surface area (Å²) in [5.74, 6) is -0.300. The number of nitrogens with two attached hydrogens (primary N) is 1. The fourth-order valence-corrected chi connectivity index (χ4v) is 2.65. The van der Waals surface area contributed by atoms with E-state index in [0.29, 0.717) is 10.6 Å². The summed E-state index contributed by atoms with van der Waals surface area (Å²) in [5, 5.41) is 0.417. The van der Waals surface area contributed by atoms with Crippen LogP contribution >= 0.6 is 11.3 Å². The molecule has 0 spiro atoms. The van der Waals surface area contributed by atoms with E-state index >= 15 is 0 Å². The van der Waals surface area contributed by atoms with Crippen LogP contribution in [-0.2, 0) is 5.41 Å². The van der Waals surface area contributed by atoms with Crippen LogP contribution in [0.25, 0.3) is 10.2 Å². The summed E-state index contributed by atoms with van der Waals surface area (Å²) in [5.41, 5.74) is 7.07. The van der Waals surface area contributed by atoms with Gasteiger partial charge in [-0.1, -0.05) is 38.2 Å². The van der Waals surface area contributed by atoms with E-state index in [2.05, 4.69) is 25.8 Å². The first-order valence-corrected chi connectivity index (χ1v) is 5.56. The van der Waals surface area contributed by atoms with Crippen molar-refractivity contribution in [3.05, 3.63) is 23.5 Å². The third-order valence-corrected chi connectivity index (χ3v) is 3.24. The zero-order valence-corrected chi connectivity index (χ0v) is 9.78. The fraction of sp³-hybridized carbons (Fsp3) is 0.364. The zero-order chi connectivity index (χ0) is 11.2.